The van der Waals surface area contributed by atoms with Gasteiger partial charge in [-0.1, -0.05) is 144 Å². The molecule has 0 aromatic heterocycles. The summed E-state index contributed by atoms with van der Waals surface area (Å²) in [5.74, 6) is 0.421. The monoisotopic (exact) mass is 470 g/mol. The molecule has 0 saturated heterocycles. The maximum atomic E-state index is 11.9. The molecule has 0 aliphatic carbocycles. The second kappa shape index (κ2) is 27.5. The number of carbonyl (C=O) groups is 1. The number of unbranched alkanes of at least 4 members (excludes halogenated alkanes) is 17. The van der Waals surface area contributed by atoms with Gasteiger partial charge in [-0.2, -0.15) is 0 Å². The molecule has 0 aromatic carbocycles. The molecule has 2 unspecified atom stereocenters. The van der Waals surface area contributed by atoms with Gasteiger partial charge in [-0.25, -0.2) is 4.79 Å². The maximum Gasteiger partial charge on any atom is 0.508 e. The van der Waals surface area contributed by atoms with Crippen molar-refractivity contribution in [3.63, 3.8) is 0 Å². The SMILES string of the molecule is C.CCCCCCCCCCCCC(C)COC(=O)OC(C)CCCCCCCCCCC. The summed E-state index contributed by atoms with van der Waals surface area (Å²) in [6.07, 6.45) is 27.1. The van der Waals surface area contributed by atoms with Crippen LogP contribution >= 0.6 is 0 Å². The minimum absolute atomic E-state index is 0. The van der Waals surface area contributed by atoms with Crippen LogP contribution in [0.25, 0.3) is 0 Å². The van der Waals surface area contributed by atoms with E-state index in [1.165, 1.54) is 116 Å². The molecular formula is C30H62O3. The minimum atomic E-state index is -0.483. The lowest BCUT2D eigenvalue weighted by atomic mass is 10.0. The molecule has 0 amide bonds. The fourth-order valence-corrected chi connectivity index (χ4v) is 4.27. The Bertz CT molecular complexity index is 383. The zero-order valence-electron chi connectivity index (χ0n) is 22.4. The highest BCUT2D eigenvalue weighted by Crippen LogP contribution is 2.15. The van der Waals surface area contributed by atoms with Gasteiger partial charge in [0.2, 0.25) is 0 Å². The fourth-order valence-electron chi connectivity index (χ4n) is 4.27. The van der Waals surface area contributed by atoms with Crippen LogP contribution in [0.1, 0.15) is 170 Å². The van der Waals surface area contributed by atoms with Crippen LogP contribution in [0.15, 0.2) is 0 Å². The summed E-state index contributed by atoms with van der Waals surface area (Å²) in [6.45, 7) is 9.18. The lowest BCUT2D eigenvalue weighted by Crippen LogP contribution is -2.18. The third kappa shape index (κ3) is 27.4. The van der Waals surface area contributed by atoms with Gasteiger partial charge in [0, 0.05) is 0 Å². The quantitative estimate of drug-likeness (QED) is 0.104. The number of hydrogen-bond donors (Lipinski definition) is 0. The van der Waals surface area contributed by atoms with E-state index in [9.17, 15) is 4.79 Å². The molecular weight excluding hydrogens is 408 g/mol. The highest BCUT2D eigenvalue weighted by Gasteiger charge is 2.12. The number of carbonyl (C=O) groups excluding carboxylic acids is 1. The molecule has 0 rings (SSSR count). The summed E-state index contributed by atoms with van der Waals surface area (Å²) >= 11 is 0. The van der Waals surface area contributed by atoms with Crippen molar-refractivity contribution < 1.29 is 14.3 Å². The van der Waals surface area contributed by atoms with Crippen LogP contribution in [0.5, 0.6) is 0 Å². The molecule has 0 N–H and O–H groups in total. The van der Waals surface area contributed by atoms with Crippen molar-refractivity contribution >= 4 is 6.16 Å². The molecule has 0 radical (unpaired) electrons. The van der Waals surface area contributed by atoms with Crippen LogP contribution in [0.4, 0.5) is 4.79 Å². The number of rotatable bonds is 24. The summed E-state index contributed by atoms with van der Waals surface area (Å²) in [5.41, 5.74) is 0. The van der Waals surface area contributed by atoms with E-state index in [0.29, 0.717) is 12.5 Å². The van der Waals surface area contributed by atoms with Gasteiger partial charge in [-0.05, 0) is 32.1 Å². The Kier molecular flexibility index (Phi) is 28.7. The third-order valence-electron chi connectivity index (χ3n) is 6.55. The summed E-state index contributed by atoms with van der Waals surface area (Å²) in [5, 5.41) is 0. The van der Waals surface area contributed by atoms with Crippen molar-refractivity contribution in [3.8, 4) is 0 Å². The third-order valence-corrected chi connectivity index (χ3v) is 6.55. The van der Waals surface area contributed by atoms with Crippen molar-refractivity contribution in [2.24, 2.45) is 5.92 Å². The van der Waals surface area contributed by atoms with Crippen LogP contribution in [0.2, 0.25) is 0 Å². The first-order valence-electron chi connectivity index (χ1n) is 14.4. The Morgan fingerprint density at radius 1 is 0.576 bits per heavy atom. The van der Waals surface area contributed by atoms with Crippen molar-refractivity contribution in [2.75, 3.05) is 6.61 Å². The van der Waals surface area contributed by atoms with E-state index in [1.54, 1.807) is 0 Å². The van der Waals surface area contributed by atoms with Crippen LogP contribution in [-0.2, 0) is 9.47 Å². The Balaban J connectivity index is 0. The lowest BCUT2D eigenvalue weighted by molar-refractivity contribution is 0.0181. The summed E-state index contributed by atoms with van der Waals surface area (Å²) in [7, 11) is 0. The molecule has 33 heavy (non-hydrogen) atoms. The predicted octanol–water partition coefficient (Wildman–Crippen LogP) is 11.0. The van der Waals surface area contributed by atoms with Crippen molar-refractivity contribution in [2.45, 2.75) is 176 Å². The summed E-state index contributed by atoms with van der Waals surface area (Å²) < 4.78 is 10.8. The second-order valence-electron chi connectivity index (χ2n) is 10.2. The number of ether oxygens (including phenoxy) is 2. The van der Waals surface area contributed by atoms with E-state index in [4.69, 9.17) is 9.47 Å². The first-order chi connectivity index (χ1) is 15.6. The van der Waals surface area contributed by atoms with E-state index >= 15 is 0 Å². The highest BCUT2D eigenvalue weighted by atomic mass is 16.7. The molecule has 0 aliphatic rings. The lowest BCUT2D eigenvalue weighted by Gasteiger charge is -2.15. The van der Waals surface area contributed by atoms with Crippen LogP contribution in [0, 0.1) is 5.92 Å². The first kappa shape index (κ1) is 34.4. The normalized spacial score (nSPS) is 12.7. The van der Waals surface area contributed by atoms with Gasteiger partial charge in [-0.15, -0.1) is 0 Å². The van der Waals surface area contributed by atoms with E-state index in [1.807, 2.05) is 6.92 Å². The Morgan fingerprint density at radius 3 is 1.36 bits per heavy atom. The average Bonchev–Trinajstić information content (AvgIpc) is 2.77. The van der Waals surface area contributed by atoms with Gasteiger partial charge in [0.15, 0.2) is 0 Å². The molecule has 200 valence electrons. The molecule has 0 saturated carbocycles. The van der Waals surface area contributed by atoms with E-state index in [2.05, 4.69) is 20.8 Å². The van der Waals surface area contributed by atoms with Gasteiger partial charge >= 0.3 is 6.16 Å². The second-order valence-corrected chi connectivity index (χ2v) is 10.2. The predicted molar refractivity (Wildman–Crippen MR) is 146 cm³/mol. The molecule has 0 heterocycles. The molecule has 0 fully saturated rings. The Hall–Kier alpha value is -0.730. The molecule has 3 nitrogen and oxygen atoms in total. The summed E-state index contributed by atoms with van der Waals surface area (Å²) in [4.78, 5) is 11.9. The first-order valence-corrected chi connectivity index (χ1v) is 14.4. The molecule has 3 heteroatoms. The minimum Gasteiger partial charge on any atom is -0.434 e. The zero-order chi connectivity index (χ0) is 23.7. The standard InChI is InChI=1S/C29H58O3.CH4/c1-5-7-9-11-13-15-17-18-20-22-24-27(3)26-31-29(30)32-28(4)25-23-21-19-16-14-12-10-8-6-2;/h27-28H,5-26H2,1-4H3;1H4. The molecule has 0 aliphatic heterocycles. The largest absolute Gasteiger partial charge is 0.508 e. The smallest absolute Gasteiger partial charge is 0.434 e. The van der Waals surface area contributed by atoms with Crippen LogP contribution in [0.3, 0.4) is 0 Å². The number of hydrogen-bond acceptors (Lipinski definition) is 3. The highest BCUT2D eigenvalue weighted by molar-refractivity contribution is 5.60. The van der Waals surface area contributed by atoms with E-state index in [-0.39, 0.29) is 13.5 Å². The average molecular weight is 471 g/mol. The Morgan fingerprint density at radius 2 is 0.939 bits per heavy atom. The topological polar surface area (TPSA) is 35.5 Å². The van der Waals surface area contributed by atoms with Gasteiger partial charge in [0.05, 0.1) is 6.61 Å². The van der Waals surface area contributed by atoms with Crippen LogP contribution < -0.4 is 0 Å². The van der Waals surface area contributed by atoms with Gasteiger partial charge in [0.25, 0.3) is 0 Å². The molecule has 0 bridgehead atoms. The fraction of sp³-hybridized carbons (Fsp3) is 0.967. The van der Waals surface area contributed by atoms with E-state index in [0.717, 1.165) is 19.3 Å². The molecule has 2 atom stereocenters. The van der Waals surface area contributed by atoms with Crippen LogP contribution in [-0.4, -0.2) is 18.9 Å². The van der Waals surface area contributed by atoms with Gasteiger partial charge in [-0.3, -0.25) is 0 Å². The maximum absolute atomic E-state index is 11.9. The van der Waals surface area contributed by atoms with Gasteiger partial charge in [0.1, 0.15) is 6.10 Å². The zero-order valence-corrected chi connectivity index (χ0v) is 22.4. The van der Waals surface area contributed by atoms with Gasteiger partial charge < -0.3 is 9.47 Å². The molecule has 0 aromatic rings. The Labute approximate surface area is 209 Å². The van der Waals surface area contributed by atoms with Crippen molar-refractivity contribution in [1.82, 2.24) is 0 Å². The van der Waals surface area contributed by atoms with E-state index < -0.39 is 6.16 Å². The molecule has 0 spiro atoms. The summed E-state index contributed by atoms with van der Waals surface area (Å²) in [6, 6.07) is 0. The van der Waals surface area contributed by atoms with Crippen molar-refractivity contribution in [1.29, 1.82) is 0 Å². The van der Waals surface area contributed by atoms with Crippen molar-refractivity contribution in [3.05, 3.63) is 0 Å².